The van der Waals surface area contributed by atoms with E-state index < -0.39 is 0 Å². The third kappa shape index (κ3) is 3.01. The molecule has 2 aromatic heterocycles. The second kappa shape index (κ2) is 6.02. The van der Waals surface area contributed by atoms with Crippen LogP contribution in [0.25, 0.3) is 11.5 Å². The molecule has 3 heterocycles. The number of carbonyl (C=O) groups is 2. The van der Waals surface area contributed by atoms with Gasteiger partial charge in [-0.15, -0.1) is 0 Å². The van der Waals surface area contributed by atoms with Gasteiger partial charge in [0.05, 0.1) is 12.8 Å². The van der Waals surface area contributed by atoms with Crippen molar-refractivity contribution in [1.29, 1.82) is 0 Å². The van der Waals surface area contributed by atoms with Gasteiger partial charge in [0, 0.05) is 32.2 Å². The zero-order chi connectivity index (χ0) is 15.5. The van der Waals surface area contributed by atoms with E-state index in [1.165, 1.54) is 0 Å². The Bertz CT molecular complexity index is 656. The third-order valence-electron chi connectivity index (χ3n) is 3.62. The highest BCUT2D eigenvalue weighted by Gasteiger charge is 2.24. The number of nitrogens with one attached hydrogen (secondary N) is 1. The highest BCUT2D eigenvalue weighted by molar-refractivity contribution is 5.93. The van der Waals surface area contributed by atoms with Crippen molar-refractivity contribution in [2.75, 3.05) is 32.7 Å². The number of nitrogens with two attached hydrogens (primary N) is 1. The Hall–Kier alpha value is -2.61. The summed E-state index contributed by atoms with van der Waals surface area (Å²) >= 11 is 0. The minimum atomic E-state index is -0.352. The van der Waals surface area contributed by atoms with Gasteiger partial charge >= 0.3 is 0 Å². The molecule has 0 unspecified atom stereocenters. The number of carbonyl (C=O) groups excluding carboxylic acids is 2. The van der Waals surface area contributed by atoms with Crippen molar-refractivity contribution in [3.05, 3.63) is 30.2 Å². The quantitative estimate of drug-likeness (QED) is 0.820. The van der Waals surface area contributed by atoms with E-state index >= 15 is 0 Å². The highest BCUT2D eigenvalue weighted by atomic mass is 16.3. The first-order chi connectivity index (χ1) is 10.6. The van der Waals surface area contributed by atoms with Crippen LogP contribution in [0.3, 0.4) is 0 Å². The van der Waals surface area contributed by atoms with Crippen LogP contribution in [-0.4, -0.2) is 64.5 Å². The SMILES string of the molecule is NC(=O)CN1CCN(C(=O)c2cc(-c3ccco3)[nH]n2)CC1. The molecule has 22 heavy (non-hydrogen) atoms. The number of aromatic nitrogens is 2. The van der Waals surface area contributed by atoms with Crippen LogP contribution in [0.4, 0.5) is 0 Å². The maximum absolute atomic E-state index is 12.4. The molecule has 2 amide bonds. The maximum atomic E-state index is 12.4. The average Bonchev–Trinajstić information content (AvgIpc) is 3.18. The summed E-state index contributed by atoms with van der Waals surface area (Å²) in [7, 11) is 0. The fourth-order valence-electron chi connectivity index (χ4n) is 2.48. The van der Waals surface area contributed by atoms with Crippen molar-refractivity contribution >= 4 is 11.8 Å². The Kier molecular flexibility index (Phi) is 3.92. The fraction of sp³-hybridized carbons (Fsp3) is 0.357. The van der Waals surface area contributed by atoms with E-state index in [1.54, 1.807) is 29.4 Å². The molecule has 2 aromatic rings. The number of primary amides is 1. The summed E-state index contributed by atoms with van der Waals surface area (Å²) in [6.07, 6.45) is 1.57. The number of hydrogen-bond donors (Lipinski definition) is 2. The minimum absolute atomic E-state index is 0.132. The zero-order valence-electron chi connectivity index (χ0n) is 12.0. The molecule has 3 N–H and O–H groups in total. The molecule has 1 fully saturated rings. The first kappa shape index (κ1) is 14.3. The van der Waals surface area contributed by atoms with Crippen LogP contribution < -0.4 is 5.73 Å². The summed E-state index contributed by atoms with van der Waals surface area (Å²) in [5.41, 5.74) is 6.20. The predicted octanol–water partition coefficient (Wildman–Crippen LogP) is -0.0872. The van der Waals surface area contributed by atoms with Crippen molar-refractivity contribution in [1.82, 2.24) is 20.0 Å². The van der Waals surface area contributed by atoms with Gasteiger partial charge in [0.1, 0.15) is 5.69 Å². The lowest BCUT2D eigenvalue weighted by molar-refractivity contribution is -0.119. The summed E-state index contributed by atoms with van der Waals surface area (Å²) in [6, 6.07) is 5.25. The van der Waals surface area contributed by atoms with Crippen LogP contribution in [0.1, 0.15) is 10.5 Å². The molecule has 1 aliphatic heterocycles. The van der Waals surface area contributed by atoms with E-state index in [-0.39, 0.29) is 18.4 Å². The van der Waals surface area contributed by atoms with Crippen LogP contribution in [0, 0.1) is 0 Å². The minimum Gasteiger partial charge on any atom is -0.463 e. The van der Waals surface area contributed by atoms with Crippen molar-refractivity contribution < 1.29 is 14.0 Å². The van der Waals surface area contributed by atoms with E-state index in [9.17, 15) is 9.59 Å². The Morgan fingerprint density at radius 2 is 2.09 bits per heavy atom. The normalized spacial score (nSPS) is 15.9. The number of hydrogen-bond acceptors (Lipinski definition) is 5. The molecule has 0 radical (unpaired) electrons. The molecule has 8 heteroatoms. The smallest absolute Gasteiger partial charge is 0.274 e. The molecule has 0 bridgehead atoms. The summed E-state index contributed by atoms with van der Waals surface area (Å²) < 4.78 is 5.26. The molecule has 0 aliphatic carbocycles. The Morgan fingerprint density at radius 3 is 2.73 bits per heavy atom. The van der Waals surface area contributed by atoms with E-state index in [1.807, 2.05) is 4.90 Å². The molecular formula is C14H17N5O3. The molecule has 8 nitrogen and oxygen atoms in total. The van der Waals surface area contributed by atoms with Crippen molar-refractivity contribution in [2.24, 2.45) is 5.73 Å². The number of H-pyrrole nitrogens is 1. The Balaban J connectivity index is 1.62. The van der Waals surface area contributed by atoms with Gasteiger partial charge in [-0.2, -0.15) is 5.10 Å². The number of rotatable bonds is 4. The average molecular weight is 303 g/mol. The Morgan fingerprint density at radius 1 is 1.32 bits per heavy atom. The van der Waals surface area contributed by atoms with E-state index in [0.29, 0.717) is 43.3 Å². The molecule has 0 spiro atoms. The monoisotopic (exact) mass is 303 g/mol. The van der Waals surface area contributed by atoms with E-state index in [2.05, 4.69) is 10.2 Å². The molecule has 116 valence electrons. The molecule has 0 aromatic carbocycles. The van der Waals surface area contributed by atoms with Gasteiger partial charge in [-0.1, -0.05) is 0 Å². The van der Waals surface area contributed by atoms with Crippen LogP contribution in [-0.2, 0) is 4.79 Å². The largest absolute Gasteiger partial charge is 0.463 e. The number of amides is 2. The van der Waals surface area contributed by atoms with Crippen LogP contribution in [0.2, 0.25) is 0 Å². The predicted molar refractivity (Wildman–Crippen MR) is 77.8 cm³/mol. The van der Waals surface area contributed by atoms with Gasteiger partial charge in [0.15, 0.2) is 11.5 Å². The standard InChI is InChI=1S/C14H17N5O3/c15-13(20)9-18-3-5-19(6-4-18)14(21)11-8-10(16-17-11)12-2-1-7-22-12/h1-2,7-8H,3-6,9H2,(H2,15,20)(H,16,17). The lowest BCUT2D eigenvalue weighted by Crippen LogP contribution is -2.50. The summed E-state index contributed by atoms with van der Waals surface area (Å²) in [6.45, 7) is 2.59. The molecule has 0 saturated carbocycles. The third-order valence-corrected chi connectivity index (χ3v) is 3.62. The topological polar surface area (TPSA) is 108 Å². The van der Waals surface area contributed by atoms with Crippen LogP contribution in [0.15, 0.2) is 28.9 Å². The van der Waals surface area contributed by atoms with Gasteiger partial charge in [0.2, 0.25) is 5.91 Å². The number of piperazine rings is 1. The van der Waals surface area contributed by atoms with Crippen LogP contribution in [0.5, 0.6) is 0 Å². The van der Waals surface area contributed by atoms with Gasteiger partial charge < -0.3 is 15.1 Å². The number of nitrogens with zero attached hydrogens (tertiary/aromatic N) is 3. The first-order valence-corrected chi connectivity index (χ1v) is 7.02. The lowest BCUT2D eigenvalue weighted by atomic mass is 10.2. The molecule has 1 saturated heterocycles. The Labute approximate surface area is 126 Å². The van der Waals surface area contributed by atoms with Crippen LogP contribution >= 0.6 is 0 Å². The van der Waals surface area contributed by atoms with Gasteiger partial charge in [-0.3, -0.25) is 19.6 Å². The number of furan rings is 1. The summed E-state index contributed by atoms with van der Waals surface area (Å²) in [4.78, 5) is 27.0. The zero-order valence-corrected chi connectivity index (χ0v) is 12.0. The van der Waals surface area contributed by atoms with Gasteiger partial charge in [-0.05, 0) is 12.1 Å². The first-order valence-electron chi connectivity index (χ1n) is 7.02. The fourth-order valence-corrected chi connectivity index (χ4v) is 2.48. The summed E-state index contributed by atoms with van der Waals surface area (Å²) in [5, 5.41) is 6.85. The van der Waals surface area contributed by atoms with Gasteiger partial charge in [0.25, 0.3) is 5.91 Å². The van der Waals surface area contributed by atoms with Crippen molar-refractivity contribution in [3.63, 3.8) is 0 Å². The van der Waals surface area contributed by atoms with E-state index in [4.69, 9.17) is 10.2 Å². The molecular weight excluding hydrogens is 286 g/mol. The van der Waals surface area contributed by atoms with E-state index in [0.717, 1.165) is 0 Å². The second-order valence-corrected chi connectivity index (χ2v) is 5.18. The number of aromatic amines is 1. The summed E-state index contributed by atoms with van der Waals surface area (Å²) in [5.74, 6) is 0.153. The second-order valence-electron chi connectivity index (χ2n) is 5.18. The molecule has 3 rings (SSSR count). The highest BCUT2D eigenvalue weighted by Crippen LogP contribution is 2.18. The maximum Gasteiger partial charge on any atom is 0.274 e. The lowest BCUT2D eigenvalue weighted by Gasteiger charge is -2.33. The molecule has 0 atom stereocenters. The van der Waals surface area contributed by atoms with Crippen molar-refractivity contribution in [3.8, 4) is 11.5 Å². The van der Waals surface area contributed by atoms with Crippen molar-refractivity contribution in [2.45, 2.75) is 0 Å². The molecule has 1 aliphatic rings. The van der Waals surface area contributed by atoms with Gasteiger partial charge in [-0.25, -0.2) is 0 Å².